The lowest BCUT2D eigenvalue weighted by atomic mass is 9.64. The van der Waals surface area contributed by atoms with Crippen molar-refractivity contribution in [1.82, 2.24) is 4.98 Å². The van der Waals surface area contributed by atoms with Gasteiger partial charge >= 0.3 is 5.97 Å². The van der Waals surface area contributed by atoms with Crippen molar-refractivity contribution in [3.05, 3.63) is 35.0 Å². The van der Waals surface area contributed by atoms with Crippen molar-refractivity contribution in [3.63, 3.8) is 0 Å². The van der Waals surface area contributed by atoms with Gasteiger partial charge in [-0.15, -0.1) is 0 Å². The van der Waals surface area contributed by atoms with Crippen molar-refractivity contribution in [2.45, 2.75) is 24.7 Å². The third-order valence-corrected chi connectivity index (χ3v) is 4.09. The molecule has 1 aliphatic rings. The minimum Gasteiger partial charge on any atom is -0.481 e. The maximum Gasteiger partial charge on any atom is 0.314 e. The van der Waals surface area contributed by atoms with Gasteiger partial charge in [0.25, 0.3) is 0 Å². The molecule has 0 saturated heterocycles. The molecule has 0 atom stereocenters. The van der Waals surface area contributed by atoms with E-state index in [9.17, 15) is 9.90 Å². The van der Waals surface area contributed by atoms with Crippen LogP contribution < -0.4 is 0 Å². The lowest BCUT2D eigenvalue weighted by molar-refractivity contribution is -0.147. The Morgan fingerprint density at radius 1 is 1.41 bits per heavy atom. The molecule has 0 radical (unpaired) electrons. The molecule has 17 heavy (non-hydrogen) atoms. The number of benzene rings is 1. The Labute approximate surface area is 103 Å². The quantitative estimate of drug-likeness (QED) is 0.858. The van der Waals surface area contributed by atoms with Gasteiger partial charge in [0.2, 0.25) is 0 Å². The number of aliphatic carboxylic acids is 1. The fourth-order valence-electron chi connectivity index (χ4n) is 2.57. The van der Waals surface area contributed by atoms with Crippen molar-refractivity contribution in [1.29, 1.82) is 0 Å². The molecule has 1 saturated carbocycles. The summed E-state index contributed by atoms with van der Waals surface area (Å²) in [7, 11) is 0. The van der Waals surface area contributed by atoms with Crippen LogP contribution in [-0.2, 0) is 10.2 Å². The zero-order valence-corrected chi connectivity index (χ0v) is 9.92. The standard InChI is InChI=1S/C13H12ClNO2/c14-10-6-8-2-5-15-11(8)7-9(10)13(12(16)17)3-1-4-13/h2,5-7,15H,1,3-4H2,(H,16,17). The molecule has 0 aliphatic heterocycles. The molecule has 2 N–H and O–H groups in total. The third kappa shape index (κ3) is 1.39. The highest BCUT2D eigenvalue weighted by atomic mass is 35.5. The van der Waals surface area contributed by atoms with E-state index in [0.29, 0.717) is 17.9 Å². The first-order valence-corrected chi connectivity index (χ1v) is 6.02. The van der Waals surface area contributed by atoms with E-state index in [4.69, 9.17) is 11.6 Å². The number of halogens is 1. The van der Waals surface area contributed by atoms with Gasteiger partial charge in [0.05, 0.1) is 5.41 Å². The average Bonchev–Trinajstić information content (AvgIpc) is 2.62. The molecule has 3 rings (SSSR count). The molecule has 4 heteroatoms. The summed E-state index contributed by atoms with van der Waals surface area (Å²) in [5.74, 6) is -0.767. The Kier molecular flexibility index (Phi) is 2.20. The van der Waals surface area contributed by atoms with Gasteiger partial charge in [0.1, 0.15) is 0 Å². The van der Waals surface area contributed by atoms with Gasteiger partial charge in [-0.1, -0.05) is 18.0 Å². The number of nitrogens with one attached hydrogen (secondary N) is 1. The van der Waals surface area contributed by atoms with Crippen molar-refractivity contribution in [2.75, 3.05) is 0 Å². The van der Waals surface area contributed by atoms with Gasteiger partial charge in [0, 0.05) is 22.1 Å². The maximum absolute atomic E-state index is 11.5. The summed E-state index contributed by atoms with van der Waals surface area (Å²) in [5.41, 5.74) is 0.918. The highest BCUT2D eigenvalue weighted by molar-refractivity contribution is 6.32. The number of rotatable bonds is 2. The van der Waals surface area contributed by atoms with Gasteiger partial charge in [-0.2, -0.15) is 0 Å². The van der Waals surface area contributed by atoms with Crippen molar-refractivity contribution >= 4 is 28.5 Å². The average molecular weight is 250 g/mol. The number of hydrogen-bond donors (Lipinski definition) is 2. The summed E-state index contributed by atoms with van der Waals surface area (Å²) in [6, 6.07) is 5.65. The van der Waals surface area contributed by atoms with E-state index < -0.39 is 11.4 Å². The Morgan fingerprint density at radius 2 is 2.18 bits per heavy atom. The lowest BCUT2D eigenvalue weighted by Gasteiger charge is -2.38. The second-order valence-electron chi connectivity index (χ2n) is 4.64. The summed E-state index contributed by atoms with van der Waals surface area (Å²) in [6.07, 6.45) is 4.13. The summed E-state index contributed by atoms with van der Waals surface area (Å²) >= 11 is 6.22. The normalized spacial score (nSPS) is 17.9. The van der Waals surface area contributed by atoms with E-state index >= 15 is 0 Å². The molecular weight excluding hydrogens is 238 g/mol. The minimum absolute atomic E-state index is 0.555. The SMILES string of the molecule is O=C(O)C1(c2cc3[nH]ccc3cc2Cl)CCC1. The number of aromatic nitrogens is 1. The fourth-order valence-corrected chi connectivity index (χ4v) is 2.92. The molecule has 3 nitrogen and oxygen atoms in total. The molecule has 2 aromatic rings. The molecule has 0 amide bonds. The van der Waals surface area contributed by atoms with Crippen LogP contribution in [0.25, 0.3) is 10.9 Å². The topological polar surface area (TPSA) is 53.1 Å². The highest BCUT2D eigenvalue weighted by Gasteiger charge is 2.47. The zero-order chi connectivity index (χ0) is 12.0. The molecule has 1 fully saturated rings. The van der Waals surface area contributed by atoms with Gasteiger partial charge in [-0.05, 0) is 36.6 Å². The van der Waals surface area contributed by atoms with Crippen LogP contribution in [0.1, 0.15) is 24.8 Å². The van der Waals surface area contributed by atoms with Crippen LogP contribution in [0.2, 0.25) is 5.02 Å². The van der Waals surface area contributed by atoms with Crippen LogP contribution in [0.15, 0.2) is 24.4 Å². The molecule has 1 heterocycles. The summed E-state index contributed by atoms with van der Waals surface area (Å²) in [5, 5.41) is 11.0. The molecule has 0 unspecified atom stereocenters. The van der Waals surface area contributed by atoms with Gasteiger partial charge in [0.15, 0.2) is 0 Å². The van der Waals surface area contributed by atoms with Crippen molar-refractivity contribution in [3.8, 4) is 0 Å². The van der Waals surface area contributed by atoms with Gasteiger partial charge < -0.3 is 10.1 Å². The molecule has 0 bridgehead atoms. The van der Waals surface area contributed by atoms with E-state index in [1.807, 2.05) is 24.4 Å². The Morgan fingerprint density at radius 3 is 2.76 bits per heavy atom. The smallest absolute Gasteiger partial charge is 0.314 e. The van der Waals surface area contributed by atoms with E-state index in [2.05, 4.69) is 4.98 Å². The van der Waals surface area contributed by atoms with Gasteiger partial charge in [-0.3, -0.25) is 4.79 Å². The summed E-state index contributed by atoms with van der Waals surface area (Å²) in [4.78, 5) is 14.6. The fraction of sp³-hybridized carbons (Fsp3) is 0.308. The molecule has 1 aromatic carbocycles. The van der Waals surface area contributed by atoms with E-state index in [-0.39, 0.29) is 0 Å². The monoisotopic (exact) mass is 249 g/mol. The minimum atomic E-state index is -0.767. The molecular formula is C13H12ClNO2. The summed E-state index contributed by atoms with van der Waals surface area (Å²) < 4.78 is 0. The third-order valence-electron chi connectivity index (χ3n) is 3.77. The predicted octanol–water partition coefficient (Wildman–Crippen LogP) is 3.33. The maximum atomic E-state index is 11.5. The van der Waals surface area contributed by atoms with Crippen LogP contribution >= 0.6 is 11.6 Å². The van der Waals surface area contributed by atoms with E-state index in [1.165, 1.54) is 0 Å². The first kappa shape index (κ1) is 10.7. The number of carboxylic acid groups (broad SMARTS) is 1. The van der Waals surface area contributed by atoms with Gasteiger partial charge in [-0.25, -0.2) is 0 Å². The van der Waals surface area contributed by atoms with E-state index in [1.54, 1.807) is 0 Å². The Hall–Kier alpha value is -1.48. The lowest BCUT2D eigenvalue weighted by Crippen LogP contribution is -2.42. The van der Waals surface area contributed by atoms with Crippen molar-refractivity contribution < 1.29 is 9.90 Å². The Balaban J connectivity index is 2.22. The van der Waals surface area contributed by atoms with Crippen LogP contribution in [0.5, 0.6) is 0 Å². The largest absolute Gasteiger partial charge is 0.481 e. The van der Waals surface area contributed by atoms with Crippen LogP contribution in [0, 0.1) is 0 Å². The summed E-state index contributed by atoms with van der Waals surface area (Å²) in [6.45, 7) is 0. The zero-order valence-electron chi connectivity index (χ0n) is 9.16. The number of carbonyl (C=O) groups is 1. The Bertz CT molecular complexity index is 598. The van der Waals surface area contributed by atoms with Crippen molar-refractivity contribution in [2.24, 2.45) is 0 Å². The number of carboxylic acids is 1. The van der Waals surface area contributed by atoms with Crippen LogP contribution in [0.3, 0.4) is 0 Å². The van der Waals surface area contributed by atoms with E-state index in [0.717, 1.165) is 22.9 Å². The predicted molar refractivity (Wildman–Crippen MR) is 66.5 cm³/mol. The number of H-pyrrole nitrogens is 1. The van der Waals surface area contributed by atoms with Crippen LogP contribution in [-0.4, -0.2) is 16.1 Å². The molecule has 0 spiro atoms. The van der Waals surface area contributed by atoms with Crippen LogP contribution in [0.4, 0.5) is 0 Å². The second-order valence-corrected chi connectivity index (χ2v) is 5.04. The number of fused-ring (bicyclic) bond motifs is 1. The molecule has 88 valence electrons. The number of hydrogen-bond acceptors (Lipinski definition) is 1. The molecule has 1 aromatic heterocycles. The number of aromatic amines is 1. The highest BCUT2D eigenvalue weighted by Crippen LogP contribution is 2.47. The first-order valence-electron chi connectivity index (χ1n) is 5.64. The molecule has 1 aliphatic carbocycles. The second kappa shape index (κ2) is 3.50. The first-order chi connectivity index (χ1) is 8.13.